The van der Waals surface area contributed by atoms with Crippen LogP contribution in [0.1, 0.15) is 161 Å². The minimum absolute atomic E-state index is 0. The Morgan fingerprint density at radius 3 is 1.55 bits per heavy atom. The van der Waals surface area contributed by atoms with Crippen molar-refractivity contribution in [3.05, 3.63) is 71.3 Å². The Morgan fingerprint density at radius 2 is 1.07 bits per heavy atom. The molecule has 0 aromatic heterocycles. The van der Waals surface area contributed by atoms with Crippen LogP contribution < -0.4 is 59.1 Å². The van der Waals surface area contributed by atoms with E-state index in [4.69, 9.17) is 0 Å². The number of fused-ring (bicyclic) bond motifs is 1. The van der Waals surface area contributed by atoms with Gasteiger partial charge in [0.15, 0.2) is 0 Å². The second-order valence-electron chi connectivity index (χ2n) is 15.3. The van der Waals surface area contributed by atoms with Crippen molar-refractivity contribution in [2.45, 2.75) is 168 Å². The molecule has 0 atom stereocenters. The topological polar surface area (TPSA) is 144 Å². The molecule has 3 aromatic rings. The minimum Gasteiger partial charge on any atom is -0.744 e. The van der Waals surface area contributed by atoms with Crippen LogP contribution in [0.15, 0.2) is 59.5 Å². The van der Waals surface area contributed by atoms with E-state index >= 15 is 0 Å². The summed E-state index contributed by atoms with van der Waals surface area (Å²) in [7, 11) is -9.00. The number of para-hydroxylation sites is 1. The Labute approximate surface area is 386 Å². The largest absolute Gasteiger partial charge is 1.00 e. The van der Waals surface area contributed by atoms with E-state index in [0.29, 0.717) is 35.5 Å². The molecule has 56 heavy (non-hydrogen) atoms. The number of hydrogen-bond acceptors (Lipinski definition) is 8. The molecule has 0 aliphatic heterocycles. The fourth-order valence-corrected chi connectivity index (χ4v) is 7.81. The van der Waals surface area contributed by atoms with E-state index in [-0.39, 0.29) is 76.5 Å². The van der Waals surface area contributed by atoms with Gasteiger partial charge in [-0.05, 0) is 77.5 Å². The summed E-state index contributed by atoms with van der Waals surface area (Å²) in [6.45, 7) is 12.7. The van der Waals surface area contributed by atoms with E-state index in [1.165, 1.54) is 83.5 Å². The zero-order valence-electron chi connectivity index (χ0n) is 36.1. The van der Waals surface area contributed by atoms with Crippen LogP contribution in [0.3, 0.4) is 0 Å². The zero-order chi connectivity index (χ0) is 40.4. The van der Waals surface area contributed by atoms with Crippen LogP contribution in [0.25, 0.3) is 10.8 Å². The fraction of sp³-hybridized carbons (Fsp3) is 0.636. The Morgan fingerprint density at radius 1 is 0.607 bits per heavy atom. The number of aryl methyl sites for hydroxylation is 1. The smallest absolute Gasteiger partial charge is 0.744 e. The second-order valence-corrected chi connectivity index (χ2v) is 17.6. The van der Waals surface area contributed by atoms with Crippen molar-refractivity contribution < 1.29 is 94.3 Å². The van der Waals surface area contributed by atoms with Crippen molar-refractivity contribution >= 4 is 31.3 Å². The first kappa shape index (κ1) is 57.6. The van der Waals surface area contributed by atoms with Gasteiger partial charge < -0.3 is 14.2 Å². The molecule has 0 spiro atoms. The van der Waals surface area contributed by atoms with Crippen LogP contribution in [-0.2, 0) is 44.0 Å². The minimum atomic E-state index is -4.51. The van der Waals surface area contributed by atoms with Gasteiger partial charge in [-0.1, -0.05) is 180 Å². The summed E-state index contributed by atoms with van der Waals surface area (Å²) in [5.41, 5.74) is 2.78. The average Bonchev–Trinajstić information content (AvgIpc) is 3.09. The SMILES string of the molecule is CC(C)Cc1cc2ccccc2c(S(=O)(=O)[O-])c1CC(C)C.CCCCCCCCCCCCOS(=O)(=O)[O-].CCCCCCCCc1ccccc1O.[Na+].[Na+]. The van der Waals surface area contributed by atoms with Gasteiger partial charge in [-0.15, -0.1) is 0 Å². The fourth-order valence-electron chi connectivity index (χ4n) is 6.52. The normalized spacial score (nSPS) is 11.3. The molecule has 0 fully saturated rings. The van der Waals surface area contributed by atoms with Crippen molar-refractivity contribution in [3.8, 4) is 5.75 Å². The van der Waals surface area contributed by atoms with Crippen LogP contribution in [0.2, 0.25) is 0 Å². The third-order valence-electron chi connectivity index (χ3n) is 9.20. The standard InChI is InChI=1S/C18H24O3S.C14H22O.C12H26O4S.2Na/c1-12(2)9-15-11-14-7-5-6-8-16(14)18(22(19,20)21)17(15)10-13(3)4;1-2-3-4-5-6-7-10-13-11-8-9-12-14(13)15;1-2-3-4-5-6-7-8-9-10-11-12-16-17(13,14)15;;/h5-8,11-13H,9-10H2,1-4H3,(H,19,20,21);8-9,11-12,15H,2-7,10H2,1H3;2-12H2,1H3,(H,13,14,15);;/q;;;2*+1/p-2. The van der Waals surface area contributed by atoms with Crippen LogP contribution in [0.4, 0.5) is 0 Å². The first-order chi connectivity index (χ1) is 25.6. The zero-order valence-corrected chi connectivity index (χ0v) is 41.7. The Balaban J connectivity index is 0. The van der Waals surface area contributed by atoms with Gasteiger partial charge in [0.1, 0.15) is 15.9 Å². The van der Waals surface area contributed by atoms with Gasteiger partial charge in [0.25, 0.3) is 0 Å². The Kier molecular flexibility index (Phi) is 34.2. The molecule has 8 nitrogen and oxygen atoms in total. The third-order valence-corrected chi connectivity index (χ3v) is 10.6. The molecule has 3 rings (SSSR count). The summed E-state index contributed by atoms with van der Waals surface area (Å²) >= 11 is 0. The second kappa shape index (κ2) is 33.2. The maximum absolute atomic E-state index is 11.9. The van der Waals surface area contributed by atoms with E-state index < -0.39 is 20.5 Å². The maximum Gasteiger partial charge on any atom is 1.00 e. The summed E-state index contributed by atoms with van der Waals surface area (Å²) < 4.78 is 70.3. The quantitative estimate of drug-likeness (QED) is 0.0515. The molecule has 0 bridgehead atoms. The molecule has 0 aliphatic rings. The van der Waals surface area contributed by atoms with Gasteiger partial charge in [-0.2, -0.15) is 0 Å². The molecule has 0 saturated carbocycles. The molecule has 308 valence electrons. The summed E-state index contributed by atoms with van der Waals surface area (Å²) in [5, 5.41) is 10.9. The predicted molar refractivity (Wildman–Crippen MR) is 222 cm³/mol. The first-order valence-corrected chi connectivity index (χ1v) is 23.2. The number of phenols is 1. The van der Waals surface area contributed by atoms with Gasteiger partial charge >= 0.3 is 59.1 Å². The van der Waals surface area contributed by atoms with Crippen LogP contribution >= 0.6 is 0 Å². The van der Waals surface area contributed by atoms with Crippen molar-refractivity contribution in [2.24, 2.45) is 11.8 Å². The first-order valence-electron chi connectivity index (χ1n) is 20.5. The summed E-state index contributed by atoms with van der Waals surface area (Å²) in [5.74, 6) is 1.13. The van der Waals surface area contributed by atoms with E-state index in [1.54, 1.807) is 18.2 Å². The average molecular weight is 837 g/mol. The number of rotatable bonds is 24. The molecule has 1 N–H and O–H groups in total. The molecule has 0 saturated heterocycles. The molecular weight excluding hydrogens is 767 g/mol. The maximum atomic E-state index is 11.9. The number of unbranched alkanes of at least 4 members (excludes halogenated alkanes) is 14. The molecule has 0 aliphatic carbocycles. The number of aromatic hydroxyl groups is 1. The van der Waals surface area contributed by atoms with Crippen LogP contribution in [0, 0.1) is 11.8 Å². The van der Waals surface area contributed by atoms with E-state index in [2.05, 4.69) is 31.9 Å². The van der Waals surface area contributed by atoms with Gasteiger partial charge in [0.05, 0.1) is 11.5 Å². The monoisotopic (exact) mass is 836 g/mol. The number of phenolic OH excluding ortho intramolecular Hbond substituents is 1. The Bertz CT molecular complexity index is 1660. The molecule has 3 aromatic carbocycles. The van der Waals surface area contributed by atoms with E-state index in [9.17, 15) is 31.0 Å². The van der Waals surface area contributed by atoms with Gasteiger partial charge in [-0.3, -0.25) is 4.18 Å². The molecule has 0 amide bonds. The summed E-state index contributed by atoms with van der Waals surface area (Å²) in [6.07, 6.45) is 21.9. The van der Waals surface area contributed by atoms with Crippen molar-refractivity contribution in [1.29, 1.82) is 0 Å². The Hall–Kier alpha value is -0.500. The molecule has 0 heterocycles. The summed E-state index contributed by atoms with van der Waals surface area (Å²) in [4.78, 5) is -0.0186. The molecule has 12 heteroatoms. The van der Waals surface area contributed by atoms with Gasteiger partial charge in [0.2, 0.25) is 10.4 Å². The molecule has 0 unspecified atom stereocenters. The van der Waals surface area contributed by atoms with Crippen molar-refractivity contribution in [1.82, 2.24) is 0 Å². The summed E-state index contributed by atoms with van der Waals surface area (Å²) in [6, 6.07) is 16.9. The van der Waals surface area contributed by atoms with Crippen molar-refractivity contribution in [3.63, 3.8) is 0 Å². The molecule has 0 radical (unpaired) electrons. The van der Waals surface area contributed by atoms with E-state index in [1.807, 2.05) is 50.2 Å². The third kappa shape index (κ3) is 27.3. The van der Waals surface area contributed by atoms with Gasteiger partial charge in [-0.25, -0.2) is 16.8 Å². The number of hydrogen-bond donors (Lipinski definition) is 1. The predicted octanol–water partition coefficient (Wildman–Crippen LogP) is 5.83. The van der Waals surface area contributed by atoms with Gasteiger partial charge in [0, 0.05) is 0 Å². The van der Waals surface area contributed by atoms with Crippen LogP contribution in [0.5, 0.6) is 5.75 Å². The van der Waals surface area contributed by atoms with Crippen LogP contribution in [-0.4, -0.2) is 37.7 Å². The van der Waals surface area contributed by atoms with Crippen molar-refractivity contribution in [2.75, 3.05) is 6.61 Å². The van der Waals surface area contributed by atoms with E-state index in [0.717, 1.165) is 42.2 Å². The number of benzene rings is 3. The molecular formula is C44H70Na2O8S2.